The lowest BCUT2D eigenvalue weighted by Gasteiger charge is -2.28. The predicted octanol–water partition coefficient (Wildman–Crippen LogP) is 3.32. The van der Waals surface area contributed by atoms with Gasteiger partial charge in [0, 0.05) is 32.7 Å². The van der Waals surface area contributed by atoms with Gasteiger partial charge >= 0.3 is 6.61 Å². The van der Waals surface area contributed by atoms with Crippen molar-refractivity contribution in [1.29, 1.82) is 0 Å². The number of aliphatic hydroxyl groups is 1. The molecule has 1 unspecified atom stereocenters. The number of rotatable bonds is 10. The van der Waals surface area contributed by atoms with Gasteiger partial charge in [-0.05, 0) is 48.6 Å². The van der Waals surface area contributed by atoms with E-state index in [1.165, 1.54) is 23.3 Å². The van der Waals surface area contributed by atoms with Gasteiger partial charge in [0.05, 0.1) is 12.6 Å². The Morgan fingerprint density at radius 1 is 1.12 bits per heavy atom. The quantitative estimate of drug-likeness (QED) is 0.297. The number of hydrogen-bond donors (Lipinski definition) is 3. The maximum Gasteiger partial charge on any atom is 0.387 e. The minimum absolute atomic E-state index is 0.0617. The minimum Gasteiger partial charge on any atom is -0.435 e. The summed E-state index contributed by atoms with van der Waals surface area (Å²) < 4.78 is 28.8. The van der Waals surface area contributed by atoms with Crippen LogP contribution in [0.4, 0.5) is 8.78 Å². The van der Waals surface area contributed by atoms with Gasteiger partial charge in [0.25, 0.3) is 0 Å². The topological polar surface area (TPSA) is 69.1 Å². The molecule has 0 aliphatic carbocycles. The Labute approximate surface area is 188 Å². The Bertz CT molecular complexity index is 861. The highest BCUT2D eigenvalue weighted by atomic mass is 19.3. The normalized spacial score (nSPS) is 15.3. The van der Waals surface area contributed by atoms with Crippen molar-refractivity contribution in [2.24, 2.45) is 4.99 Å². The van der Waals surface area contributed by atoms with E-state index < -0.39 is 12.7 Å². The van der Waals surface area contributed by atoms with Gasteiger partial charge in [-0.25, -0.2) is 0 Å². The zero-order valence-electron chi connectivity index (χ0n) is 18.4. The first-order valence-electron chi connectivity index (χ1n) is 11.1. The summed E-state index contributed by atoms with van der Waals surface area (Å²) in [5.41, 5.74) is 3.47. The number of aliphatic hydroxyl groups excluding tert-OH is 1. The summed E-state index contributed by atoms with van der Waals surface area (Å²) in [5, 5.41) is 16.9. The summed E-state index contributed by atoms with van der Waals surface area (Å²) >= 11 is 0. The van der Waals surface area contributed by atoms with Crippen molar-refractivity contribution < 1.29 is 18.6 Å². The molecule has 0 radical (unpaired) electrons. The molecule has 32 heavy (non-hydrogen) atoms. The van der Waals surface area contributed by atoms with Crippen molar-refractivity contribution in [2.75, 3.05) is 32.7 Å². The molecule has 0 saturated carbocycles. The van der Waals surface area contributed by atoms with Gasteiger partial charge in [0.15, 0.2) is 5.96 Å². The van der Waals surface area contributed by atoms with Crippen LogP contribution in [0.1, 0.15) is 36.1 Å². The lowest BCUT2D eigenvalue weighted by molar-refractivity contribution is -0.0498. The first kappa shape index (κ1) is 23.9. The number of guanidine groups is 1. The maximum atomic E-state index is 12.2. The molecule has 1 atom stereocenters. The number of ether oxygens (including phenoxy) is 1. The smallest absolute Gasteiger partial charge is 0.387 e. The van der Waals surface area contributed by atoms with Crippen molar-refractivity contribution in [2.45, 2.75) is 39.0 Å². The molecule has 6 nitrogen and oxygen atoms in total. The van der Waals surface area contributed by atoms with E-state index >= 15 is 0 Å². The molecule has 0 bridgehead atoms. The van der Waals surface area contributed by atoms with E-state index in [1.54, 1.807) is 12.1 Å². The average Bonchev–Trinajstić information content (AvgIpc) is 2.80. The van der Waals surface area contributed by atoms with Gasteiger partial charge in [0.1, 0.15) is 5.75 Å². The number of nitrogens with zero attached hydrogens (tertiary/aromatic N) is 2. The Hall–Kier alpha value is -2.71. The average molecular weight is 447 g/mol. The van der Waals surface area contributed by atoms with E-state index in [0.717, 1.165) is 39.0 Å². The molecule has 1 aliphatic heterocycles. The number of halogens is 2. The molecular weight excluding hydrogens is 414 g/mol. The molecule has 3 N–H and O–H groups in total. The summed E-state index contributed by atoms with van der Waals surface area (Å²) in [6.07, 6.45) is 1.25. The molecule has 0 amide bonds. The van der Waals surface area contributed by atoms with E-state index in [9.17, 15) is 13.9 Å². The van der Waals surface area contributed by atoms with E-state index in [4.69, 9.17) is 0 Å². The summed E-state index contributed by atoms with van der Waals surface area (Å²) in [6.45, 7) is 3.86. The molecule has 2 aromatic rings. The van der Waals surface area contributed by atoms with E-state index in [1.807, 2.05) is 6.92 Å². The van der Waals surface area contributed by atoms with Crippen LogP contribution >= 0.6 is 0 Å². The van der Waals surface area contributed by atoms with E-state index in [-0.39, 0.29) is 12.3 Å². The first-order chi connectivity index (χ1) is 15.5. The van der Waals surface area contributed by atoms with Crippen molar-refractivity contribution in [3.8, 4) is 5.75 Å². The Morgan fingerprint density at radius 3 is 2.59 bits per heavy atom. The van der Waals surface area contributed by atoms with Crippen molar-refractivity contribution in [1.82, 2.24) is 15.5 Å². The van der Waals surface area contributed by atoms with Crippen LogP contribution in [0.3, 0.4) is 0 Å². The van der Waals surface area contributed by atoms with Gasteiger partial charge in [-0.2, -0.15) is 8.78 Å². The van der Waals surface area contributed by atoms with E-state index in [2.05, 4.69) is 49.5 Å². The van der Waals surface area contributed by atoms with Crippen molar-refractivity contribution in [3.63, 3.8) is 0 Å². The summed E-state index contributed by atoms with van der Waals surface area (Å²) in [5.74, 6) is 0.708. The number of nitrogens with one attached hydrogen (secondary N) is 2. The van der Waals surface area contributed by atoms with Crippen LogP contribution in [-0.2, 0) is 13.0 Å². The first-order valence-corrected chi connectivity index (χ1v) is 11.1. The van der Waals surface area contributed by atoms with Crippen molar-refractivity contribution >= 4 is 5.96 Å². The number of fused-ring (bicyclic) bond motifs is 1. The molecule has 0 saturated heterocycles. The zero-order chi connectivity index (χ0) is 22.8. The fraction of sp³-hybridized carbons (Fsp3) is 0.458. The van der Waals surface area contributed by atoms with Gasteiger partial charge in [0.2, 0.25) is 0 Å². The SMILES string of the molecule is CCNC(=NCC(O)c1ccc(OC(F)F)cc1)NCCCN1CCc2ccccc2C1. The van der Waals surface area contributed by atoms with Crippen LogP contribution < -0.4 is 15.4 Å². The highest BCUT2D eigenvalue weighted by Crippen LogP contribution is 2.20. The third-order valence-electron chi connectivity index (χ3n) is 5.41. The van der Waals surface area contributed by atoms with E-state index in [0.29, 0.717) is 18.1 Å². The summed E-state index contributed by atoms with van der Waals surface area (Å²) in [6, 6.07) is 14.6. The molecule has 0 fully saturated rings. The highest BCUT2D eigenvalue weighted by molar-refractivity contribution is 5.79. The zero-order valence-corrected chi connectivity index (χ0v) is 18.4. The Morgan fingerprint density at radius 2 is 1.88 bits per heavy atom. The molecule has 0 aromatic heterocycles. The standard InChI is InChI=1S/C24H32F2N4O2/c1-2-27-24(29-16-22(31)19-8-10-21(11-9-19)32-23(25)26)28-13-5-14-30-15-12-18-6-3-4-7-20(18)17-30/h3-4,6-11,22-23,31H,2,5,12-17H2,1H3,(H2,27,28,29). The van der Waals surface area contributed by atoms with Gasteiger partial charge in [-0.3, -0.25) is 9.89 Å². The predicted molar refractivity (Wildman–Crippen MR) is 122 cm³/mol. The van der Waals surface area contributed by atoms with Crippen molar-refractivity contribution in [3.05, 3.63) is 65.2 Å². The molecule has 1 heterocycles. The Balaban J connectivity index is 1.42. The summed E-state index contributed by atoms with van der Waals surface area (Å²) in [4.78, 5) is 6.93. The van der Waals surface area contributed by atoms with Crippen LogP contribution in [0.2, 0.25) is 0 Å². The maximum absolute atomic E-state index is 12.2. The second-order valence-corrected chi connectivity index (χ2v) is 7.76. The lowest BCUT2D eigenvalue weighted by atomic mass is 10.00. The fourth-order valence-corrected chi connectivity index (χ4v) is 3.75. The van der Waals surface area contributed by atoms with Crippen LogP contribution in [0.15, 0.2) is 53.5 Å². The number of benzene rings is 2. The Kier molecular flexibility index (Phi) is 9.25. The number of aliphatic imine (C=N–C) groups is 1. The highest BCUT2D eigenvalue weighted by Gasteiger charge is 2.15. The van der Waals surface area contributed by atoms with Crippen LogP contribution in [0.25, 0.3) is 0 Å². The molecule has 2 aromatic carbocycles. The minimum atomic E-state index is -2.87. The molecule has 174 valence electrons. The van der Waals surface area contributed by atoms with Crippen LogP contribution in [0, 0.1) is 0 Å². The monoisotopic (exact) mass is 446 g/mol. The second-order valence-electron chi connectivity index (χ2n) is 7.76. The number of alkyl halides is 2. The largest absolute Gasteiger partial charge is 0.435 e. The molecule has 1 aliphatic rings. The van der Waals surface area contributed by atoms with Gasteiger partial charge in [-0.1, -0.05) is 36.4 Å². The van der Waals surface area contributed by atoms with Gasteiger partial charge < -0.3 is 20.5 Å². The summed E-state index contributed by atoms with van der Waals surface area (Å²) in [7, 11) is 0. The van der Waals surface area contributed by atoms with Crippen LogP contribution in [-0.4, -0.2) is 55.3 Å². The molecular formula is C24H32F2N4O2. The molecule has 0 spiro atoms. The third kappa shape index (κ3) is 7.46. The lowest BCUT2D eigenvalue weighted by Crippen LogP contribution is -2.39. The third-order valence-corrected chi connectivity index (χ3v) is 5.41. The second kappa shape index (κ2) is 12.4. The molecule has 3 rings (SSSR count). The van der Waals surface area contributed by atoms with Crippen LogP contribution in [0.5, 0.6) is 5.75 Å². The van der Waals surface area contributed by atoms with Gasteiger partial charge in [-0.15, -0.1) is 0 Å². The molecule has 8 heteroatoms. The number of hydrogen-bond acceptors (Lipinski definition) is 4. The fourth-order valence-electron chi connectivity index (χ4n) is 3.75.